The summed E-state index contributed by atoms with van der Waals surface area (Å²) >= 11 is 0. The molecule has 0 unspecified atom stereocenters. The number of allylic oxidation sites excluding steroid dienone is 8. The summed E-state index contributed by atoms with van der Waals surface area (Å²) < 4.78 is 0. The van der Waals surface area contributed by atoms with Crippen LogP contribution in [0, 0.1) is 22.2 Å². The summed E-state index contributed by atoms with van der Waals surface area (Å²) in [4.78, 5) is 27.5. The molecule has 3 nitrogen and oxygen atoms in total. The summed E-state index contributed by atoms with van der Waals surface area (Å²) in [7, 11) is 0. The van der Waals surface area contributed by atoms with Gasteiger partial charge in [0.2, 0.25) is 0 Å². The van der Waals surface area contributed by atoms with Gasteiger partial charge in [-0.2, -0.15) is 0 Å². The highest BCUT2D eigenvalue weighted by molar-refractivity contribution is 6.18. The van der Waals surface area contributed by atoms with Gasteiger partial charge >= 0.3 is 0 Å². The van der Waals surface area contributed by atoms with Crippen molar-refractivity contribution < 1.29 is 14.7 Å². The van der Waals surface area contributed by atoms with Crippen LogP contribution in [0.1, 0.15) is 81.1 Å². The van der Waals surface area contributed by atoms with Gasteiger partial charge in [0.1, 0.15) is 11.2 Å². The molecule has 2 aliphatic carbocycles. The van der Waals surface area contributed by atoms with Crippen LogP contribution in [-0.4, -0.2) is 16.7 Å². The average Bonchev–Trinajstić information content (AvgIpc) is 2.58. The van der Waals surface area contributed by atoms with Gasteiger partial charge in [-0.1, -0.05) is 48.8 Å². The van der Waals surface area contributed by atoms with Crippen molar-refractivity contribution in [3.05, 3.63) is 46.8 Å². The maximum Gasteiger partial charge on any atom is 0.173 e. The number of rotatable bonds is 6. The molecule has 1 N–H and O–H groups in total. The summed E-state index contributed by atoms with van der Waals surface area (Å²) in [5.74, 6) is -0.262. The zero-order chi connectivity index (χ0) is 22.2. The Kier molecular flexibility index (Phi) is 6.52. The minimum atomic E-state index is -1.13. The summed E-state index contributed by atoms with van der Waals surface area (Å²) in [6.45, 7) is 16.3. The largest absolute Gasteiger partial charge is 0.511 e. The molecule has 160 valence electrons. The molecule has 29 heavy (non-hydrogen) atoms. The van der Waals surface area contributed by atoms with Gasteiger partial charge in [-0.15, -0.1) is 0 Å². The lowest BCUT2D eigenvalue weighted by Crippen LogP contribution is -2.65. The van der Waals surface area contributed by atoms with Gasteiger partial charge in [0, 0.05) is 6.08 Å². The van der Waals surface area contributed by atoms with E-state index in [2.05, 4.69) is 33.8 Å². The minimum absolute atomic E-state index is 0.0458. The molecule has 3 atom stereocenters. The van der Waals surface area contributed by atoms with E-state index in [0.29, 0.717) is 19.3 Å². The van der Waals surface area contributed by atoms with E-state index < -0.39 is 16.2 Å². The molecular weight excluding hydrogens is 360 g/mol. The Labute approximate surface area is 176 Å². The van der Waals surface area contributed by atoms with Crippen LogP contribution in [0.3, 0.4) is 0 Å². The lowest BCUT2D eigenvalue weighted by Gasteiger charge is -2.59. The number of hydrogen-bond acceptors (Lipinski definition) is 3. The lowest BCUT2D eigenvalue weighted by atomic mass is 9.41. The first kappa shape index (κ1) is 23.4. The predicted octanol–water partition coefficient (Wildman–Crippen LogP) is 6.67. The van der Waals surface area contributed by atoms with Crippen LogP contribution < -0.4 is 0 Å². The van der Waals surface area contributed by atoms with Crippen molar-refractivity contribution in [3.8, 4) is 0 Å². The molecule has 2 rings (SSSR count). The topological polar surface area (TPSA) is 54.4 Å². The number of aliphatic hydroxyl groups is 1. The van der Waals surface area contributed by atoms with Crippen LogP contribution in [0.4, 0.5) is 0 Å². The molecule has 0 heterocycles. The molecule has 0 radical (unpaired) electrons. The zero-order valence-electron chi connectivity index (χ0n) is 19.5. The van der Waals surface area contributed by atoms with E-state index in [1.807, 2.05) is 39.8 Å². The standard InChI is InChI=1S/C26H38O3/c1-17(2)9-10-20-16-25(13-11-18(3)4)21(27)15-22(28)26(23(25)29,24(20,7)8)14-12-19(5)6/h9,11-12,15,20,27H,10,13-14,16H2,1-8H3/t20-,25+,26-/m0/s1. The molecule has 0 aromatic carbocycles. The van der Waals surface area contributed by atoms with Gasteiger partial charge in [-0.3, -0.25) is 9.59 Å². The van der Waals surface area contributed by atoms with E-state index in [4.69, 9.17) is 0 Å². The molecule has 0 aromatic rings. The van der Waals surface area contributed by atoms with Gasteiger partial charge in [-0.05, 0) is 78.6 Å². The number of carbonyl (C=O) groups is 2. The first-order chi connectivity index (χ1) is 13.3. The maximum atomic E-state index is 14.1. The third kappa shape index (κ3) is 3.81. The van der Waals surface area contributed by atoms with Crippen LogP contribution >= 0.6 is 0 Å². The minimum Gasteiger partial charge on any atom is -0.511 e. The van der Waals surface area contributed by atoms with Crippen LogP contribution in [0.2, 0.25) is 0 Å². The SMILES string of the molecule is CC(C)=CC[C@H]1C[C@@]2(CC=C(C)C)C(=O)[C@](CC=C(C)C)(C(=O)C=C2O)C1(C)C. The predicted molar refractivity (Wildman–Crippen MR) is 120 cm³/mol. The van der Waals surface area contributed by atoms with E-state index >= 15 is 0 Å². The molecule has 0 aliphatic heterocycles. The van der Waals surface area contributed by atoms with E-state index in [-0.39, 0.29) is 23.2 Å². The molecular formula is C26H38O3. The second-order valence-electron chi connectivity index (χ2n) is 10.3. The van der Waals surface area contributed by atoms with Gasteiger partial charge in [-0.25, -0.2) is 0 Å². The molecule has 1 saturated carbocycles. The van der Waals surface area contributed by atoms with Crippen molar-refractivity contribution in [2.45, 2.75) is 81.1 Å². The van der Waals surface area contributed by atoms with Crippen LogP contribution in [0.25, 0.3) is 0 Å². The fourth-order valence-electron chi connectivity index (χ4n) is 5.08. The zero-order valence-corrected chi connectivity index (χ0v) is 19.5. The van der Waals surface area contributed by atoms with Crippen LogP contribution in [0.5, 0.6) is 0 Å². The Morgan fingerprint density at radius 1 is 0.966 bits per heavy atom. The highest BCUT2D eigenvalue weighted by Gasteiger charge is 2.69. The number of Topliss-reactive ketones (excluding diaryl/α,β-unsaturated/α-hetero) is 1. The molecule has 0 aromatic heterocycles. The average molecular weight is 399 g/mol. The van der Waals surface area contributed by atoms with Gasteiger partial charge < -0.3 is 5.11 Å². The fourth-order valence-corrected chi connectivity index (χ4v) is 5.08. The third-order valence-electron chi connectivity index (χ3n) is 7.20. The monoisotopic (exact) mass is 398 g/mol. The smallest absolute Gasteiger partial charge is 0.173 e. The highest BCUT2D eigenvalue weighted by Crippen LogP contribution is 2.64. The molecule has 0 saturated heterocycles. The van der Waals surface area contributed by atoms with E-state index in [1.54, 1.807) is 0 Å². The Morgan fingerprint density at radius 2 is 1.48 bits per heavy atom. The van der Waals surface area contributed by atoms with Gasteiger partial charge in [0.05, 0.1) is 5.41 Å². The lowest BCUT2D eigenvalue weighted by molar-refractivity contribution is -0.170. The number of fused-ring (bicyclic) bond motifs is 2. The number of carbonyl (C=O) groups excluding carboxylic acids is 2. The quantitative estimate of drug-likeness (QED) is 0.401. The normalized spacial score (nSPS) is 30.3. The summed E-state index contributed by atoms with van der Waals surface area (Å²) in [6, 6.07) is 0. The Bertz CT molecular complexity index is 809. The summed E-state index contributed by atoms with van der Waals surface area (Å²) in [6.07, 6.45) is 9.81. The first-order valence-electron chi connectivity index (χ1n) is 10.7. The van der Waals surface area contributed by atoms with Crippen LogP contribution in [0.15, 0.2) is 46.8 Å². The van der Waals surface area contributed by atoms with Crippen molar-refractivity contribution >= 4 is 11.6 Å². The third-order valence-corrected chi connectivity index (χ3v) is 7.20. The maximum absolute atomic E-state index is 14.1. The molecule has 0 amide bonds. The molecule has 3 heteroatoms. The second kappa shape index (κ2) is 8.08. The number of aliphatic hydroxyl groups excluding tert-OH is 1. The highest BCUT2D eigenvalue weighted by atomic mass is 16.3. The van der Waals surface area contributed by atoms with Crippen LogP contribution in [-0.2, 0) is 9.59 Å². The Morgan fingerprint density at radius 3 is 2.00 bits per heavy atom. The number of hydrogen-bond donors (Lipinski definition) is 1. The van der Waals surface area contributed by atoms with Crippen molar-refractivity contribution in [3.63, 3.8) is 0 Å². The summed E-state index contributed by atoms with van der Waals surface area (Å²) in [5.41, 5.74) is 0.782. The fraction of sp³-hybridized carbons (Fsp3) is 0.615. The Hall–Kier alpha value is -1.90. The molecule has 0 spiro atoms. The summed E-state index contributed by atoms with van der Waals surface area (Å²) in [5, 5.41) is 10.9. The van der Waals surface area contributed by atoms with Gasteiger partial charge in [0.15, 0.2) is 11.6 Å². The molecule has 2 bridgehead atoms. The Balaban J connectivity index is 2.77. The van der Waals surface area contributed by atoms with Crippen molar-refractivity contribution in [2.75, 3.05) is 0 Å². The number of ketones is 2. The van der Waals surface area contributed by atoms with E-state index in [1.165, 1.54) is 11.6 Å². The van der Waals surface area contributed by atoms with Gasteiger partial charge in [0.25, 0.3) is 0 Å². The van der Waals surface area contributed by atoms with E-state index in [9.17, 15) is 14.7 Å². The van der Waals surface area contributed by atoms with Crippen molar-refractivity contribution in [1.29, 1.82) is 0 Å². The molecule has 1 fully saturated rings. The second-order valence-corrected chi connectivity index (χ2v) is 10.3. The molecule has 2 aliphatic rings. The first-order valence-corrected chi connectivity index (χ1v) is 10.7. The van der Waals surface area contributed by atoms with E-state index in [0.717, 1.165) is 17.6 Å². The van der Waals surface area contributed by atoms with Crippen molar-refractivity contribution in [1.82, 2.24) is 0 Å². The van der Waals surface area contributed by atoms with Crippen molar-refractivity contribution in [2.24, 2.45) is 22.2 Å².